The lowest BCUT2D eigenvalue weighted by molar-refractivity contribution is -0.384. The van der Waals surface area contributed by atoms with Crippen molar-refractivity contribution < 1.29 is 14.5 Å². The molecule has 1 aromatic heterocycles. The van der Waals surface area contributed by atoms with Gasteiger partial charge in [-0.05, 0) is 40.2 Å². The van der Waals surface area contributed by atoms with Crippen molar-refractivity contribution in [3.8, 4) is 0 Å². The van der Waals surface area contributed by atoms with Crippen LogP contribution in [0.4, 0.5) is 11.4 Å². The van der Waals surface area contributed by atoms with Crippen molar-refractivity contribution in [1.29, 1.82) is 0 Å². The summed E-state index contributed by atoms with van der Waals surface area (Å²) < 4.78 is 6.02. The first-order valence-electron chi connectivity index (χ1n) is 8.12. The minimum absolute atomic E-state index is 0.128. The van der Waals surface area contributed by atoms with Gasteiger partial charge in [0.1, 0.15) is 5.69 Å². The third-order valence-electron chi connectivity index (χ3n) is 3.48. The molecule has 10 heteroatoms. The molecule has 2 aromatic rings. The second kappa shape index (κ2) is 11.3. The van der Waals surface area contributed by atoms with E-state index < -0.39 is 4.92 Å². The number of nitro groups is 1. The summed E-state index contributed by atoms with van der Waals surface area (Å²) in [6.07, 6.45) is 0. The maximum Gasteiger partial charge on any atom is 0.293 e. The van der Waals surface area contributed by atoms with Gasteiger partial charge in [-0.3, -0.25) is 14.9 Å². The van der Waals surface area contributed by atoms with Gasteiger partial charge in [0.2, 0.25) is 0 Å². The molecule has 0 saturated heterocycles. The Morgan fingerprint density at radius 3 is 2.81 bits per heavy atom. The van der Waals surface area contributed by atoms with Gasteiger partial charge in [0.05, 0.1) is 15.3 Å². The number of carbonyl (C=O) groups is 1. The topological polar surface area (TPSA) is 93.5 Å². The van der Waals surface area contributed by atoms with E-state index in [1.165, 1.54) is 10.9 Å². The molecule has 0 unspecified atom stereocenters. The van der Waals surface area contributed by atoms with Crippen LogP contribution >= 0.6 is 39.0 Å². The summed E-state index contributed by atoms with van der Waals surface area (Å²) in [6, 6.07) is 8.51. The number of rotatable bonds is 11. The first kappa shape index (κ1) is 21.7. The minimum Gasteiger partial charge on any atom is -0.383 e. The van der Waals surface area contributed by atoms with Gasteiger partial charge in [-0.1, -0.05) is 0 Å². The van der Waals surface area contributed by atoms with Crippen molar-refractivity contribution in [1.82, 2.24) is 5.32 Å². The maximum absolute atomic E-state index is 12.2. The van der Waals surface area contributed by atoms with E-state index >= 15 is 0 Å². The quantitative estimate of drug-likeness (QED) is 0.289. The Labute approximate surface area is 174 Å². The molecule has 0 aliphatic heterocycles. The summed E-state index contributed by atoms with van der Waals surface area (Å²) in [4.78, 5) is 24.3. The molecule has 2 N–H and O–H groups in total. The average Bonchev–Trinajstić information content (AvgIpc) is 3.06. The number of thiophene rings is 1. The summed E-state index contributed by atoms with van der Waals surface area (Å²) in [7, 11) is 1.56. The van der Waals surface area contributed by atoms with Gasteiger partial charge in [0.25, 0.3) is 11.6 Å². The smallest absolute Gasteiger partial charge is 0.293 e. The number of hydrogen-bond donors (Lipinski definition) is 2. The number of nitrogens with one attached hydrogen (secondary N) is 2. The largest absolute Gasteiger partial charge is 0.383 e. The van der Waals surface area contributed by atoms with E-state index in [9.17, 15) is 14.9 Å². The van der Waals surface area contributed by atoms with Crippen molar-refractivity contribution in [3.63, 3.8) is 0 Å². The SMILES string of the molecule is COCCNc1ccc(C(=O)NCCSCc2ccc(Br)s2)cc1[N+](=O)[O-]. The van der Waals surface area contributed by atoms with Crippen molar-refractivity contribution in [2.45, 2.75) is 5.75 Å². The molecule has 0 atom stereocenters. The molecule has 0 aliphatic rings. The Hall–Kier alpha value is -1.62. The molecular formula is C17H20BrN3O4S2. The second-order valence-corrected chi connectivity index (χ2v) is 9.08. The highest BCUT2D eigenvalue weighted by atomic mass is 79.9. The second-order valence-electron chi connectivity index (χ2n) is 5.42. The van der Waals surface area contributed by atoms with Crippen LogP contribution < -0.4 is 10.6 Å². The van der Waals surface area contributed by atoms with Crippen molar-refractivity contribution in [3.05, 3.63) is 54.7 Å². The van der Waals surface area contributed by atoms with E-state index in [2.05, 4.69) is 32.6 Å². The van der Waals surface area contributed by atoms with Crippen LogP contribution in [-0.2, 0) is 10.5 Å². The van der Waals surface area contributed by atoms with Crippen LogP contribution in [0, 0.1) is 10.1 Å². The lowest BCUT2D eigenvalue weighted by Gasteiger charge is -2.09. The molecule has 0 radical (unpaired) electrons. The molecule has 7 nitrogen and oxygen atoms in total. The number of carbonyl (C=O) groups excluding carboxylic acids is 1. The zero-order valence-corrected chi connectivity index (χ0v) is 17.9. The highest BCUT2D eigenvalue weighted by molar-refractivity contribution is 9.11. The first-order valence-corrected chi connectivity index (χ1v) is 10.9. The molecular weight excluding hydrogens is 454 g/mol. The highest BCUT2D eigenvalue weighted by Gasteiger charge is 2.17. The van der Waals surface area contributed by atoms with E-state index in [1.807, 2.05) is 6.07 Å². The monoisotopic (exact) mass is 473 g/mol. The normalized spacial score (nSPS) is 10.6. The molecule has 0 fully saturated rings. The Morgan fingerprint density at radius 1 is 1.33 bits per heavy atom. The van der Waals surface area contributed by atoms with Crippen LogP contribution in [0.2, 0.25) is 0 Å². The predicted molar refractivity (Wildman–Crippen MR) is 114 cm³/mol. The molecule has 1 amide bonds. The van der Waals surface area contributed by atoms with Crippen LogP contribution in [0.15, 0.2) is 34.1 Å². The highest BCUT2D eigenvalue weighted by Crippen LogP contribution is 2.26. The fourth-order valence-corrected chi connectivity index (χ4v) is 4.65. The fraction of sp³-hybridized carbons (Fsp3) is 0.353. The number of halogens is 1. The number of methoxy groups -OCH3 is 1. The number of nitro benzene ring substituents is 1. The Balaban J connectivity index is 1.83. The first-order chi connectivity index (χ1) is 13.0. The number of nitrogens with zero attached hydrogens (tertiary/aromatic N) is 1. The van der Waals surface area contributed by atoms with Crippen molar-refractivity contribution >= 4 is 56.3 Å². The van der Waals surface area contributed by atoms with Gasteiger partial charge in [0, 0.05) is 48.2 Å². The van der Waals surface area contributed by atoms with Crippen LogP contribution in [-0.4, -0.2) is 43.4 Å². The number of thioether (sulfide) groups is 1. The summed E-state index contributed by atoms with van der Waals surface area (Å²) in [5.74, 6) is 1.33. The van der Waals surface area contributed by atoms with E-state index in [-0.39, 0.29) is 17.2 Å². The average molecular weight is 474 g/mol. The number of ether oxygens (including phenoxy) is 1. The van der Waals surface area contributed by atoms with Crippen molar-refractivity contribution in [2.24, 2.45) is 0 Å². The van der Waals surface area contributed by atoms with E-state index in [0.717, 1.165) is 15.3 Å². The molecule has 0 bridgehead atoms. The van der Waals surface area contributed by atoms with Gasteiger partial charge in [-0.2, -0.15) is 11.8 Å². The molecule has 0 spiro atoms. The van der Waals surface area contributed by atoms with Crippen LogP contribution in [0.3, 0.4) is 0 Å². The summed E-state index contributed by atoms with van der Waals surface area (Å²) >= 11 is 6.85. The Morgan fingerprint density at radius 2 is 2.15 bits per heavy atom. The van der Waals surface area contributed by atoms with E-state index in [4.69, 9.17) is 4.74 Å². The standard InChI is InChI=1S/C17H20BrN3O4S2/c1-25-8-6-19-14-4-2-12(10-15(14)21(23)24)17(22)20-7-9-26-11-13-3-5-16(18)27-13/h2-5,10,19H,6-9,11H2,1H3,(H,20,22). The number of amides is 1. The van der Waals surface area contributed by atoms with Crippen LogP contribution in [0.25, 0.3) is 0 Å². The summed E-state index contributed by atoms with van der Waals surface area (Å²) in [5, 5.41) is 17.0. The van der Waals surface area contributed by atoms with Crippen molar-refractivity contribution in [2.75, 3.05) is 37.9 Å². The van der Waals surface area contributed by atoms with Crippen LogP contribution in [0.5, 0.6) is 0 Å². The van der Waals surface area contributed by atoms with Gasteiger partial charge < -0.3 is 15.4 Å². The maximum atomic E-state index is 12.2. The third-order valence-corrected chi connectivity index (χ3v) is 6.30. The van der Waals surface area contributed by atoms with E-state index in [1.54, 1.807) is 42.3 Å². The van der Waals surface area contributed by atoms with Gasteiger partial charge >= 0.3 is 0 Å². The van der Waals surface area contributed by atoms with Gasteiger partial charge in [-0.15, -0.1) is 11.3 Å². The molecule has 27 heavy (non-hydrogen) atoms. The third kappa shape index (κ3) is 7.13. The summed E-state index contributed by atoms with van der Waals surface area (Å²) in [5.41, 5.74) is 0.508. The molecule has 1 heterocycles. The molecule has 1 aromatic carbocycles. The summed E-state index contributed by atoms with van der Waals surface area (Å²) in [6.45, 7) is 1.37. The minimum atomic E-state index is -0.499. The molecule has 2 rings (SSSR count). The van der Waals surface area contributed by atoms with Gasteiger partial charge in [-0.25, -0.2) is 0 Å². The Kier molecular flexibility index (Phi) is 9.05. The number of benzene rings is 1. The van der Waals surface area contributed by atoms with Crippen LogP contribution in [0.1, 0.15) is 15.2 Å². The number of anilines is 1. The molecule has 146 valence electrons. The van der Waals surface area contributed by atoms with Gasteiger partial charge in [0.15, 0.2) is 0 Å². The lowest BCUT2D eigenvalue weighted by atomic mass is 10.1. The Bertz CT molecular complexity index is 785. The zero-order valence-electron chi connectivity index (χ0n) is 14.7. The predicted octanol–water partition coefficient (Wildman–Crippen LogP) is 4.14. The fourth-order valence-electron chi connectivity index (χ4n) is 2.20. The van der Waals surface area contributed by atoms with E-state index in [0.29, 0.717) is 25.4 Å². The number of hydrogen-bond acceptors (Lipinski definition) is 7. The molecule has 0 saturated carbocycles. The lowest BCUT2D eigenvalue weighted by Crippen LogP contribution is -2.25. The molecule has 0 aliphatic carbocycles. The zero-order chi connectivity index (χ0) is 19.6.